The molecule has 6 nitrogen and oxygen atoms in total. The average molecular weight is 248 g/mol. The Bertz CT molecular complexity index is 501. The fourth-order valence-electron chi connectivity index (χ4n) is 2.11. The molecule has 1 aliphatic rings. The summed E-state index contributed by atoms with van der Waals surface area (Å²) in [5.41, 5.74) is 10.4. The van der Waals surface area contributed by atoms with E-state index in [4.69, 9.17) is 11.6 Å². The van der Waals surface area contributed by atoms with Gasteiger partial charge in [0.05, 0.1) is 0 Å². The molecule has 1 aliphatic heterocycles. The predicted octanol–water partition coefficient (Wildman–Crippen LogP) is -0.415. The summed E-state index contributed by atoms with van der Waals surface area (Å²) < 4.78 is 0. The first-order chi connectivity index (χ1) is 8.54. The normalized spacial score (nSPS) is 16.2. The first kappa shape index (κ1) is 12.5. The minimum Gasteiger partial charge on any atom is -0.316 e. The number of nitrogens with two attached hydrogens (primary N) is 2. The number of amides is 2. The molecule has 0 aliphatic carbocycles. The number of rotatable bonds is 2. The number of fused-ring (bicyclic) bond motifs is 1. The van der Waals surface area contributed by atoms with E-state index in [1.165, 1.54) is 0 Å². The molecular weight excluding hydrogens is 232 g/mol. The largest absolute Gasteiger partial charge is 0.316 e. The number of carbonyl (C=O) groups is 2. The van der Waals surface area contributed by atoms with Crippen molar-refractivity contribution in [1.29, 1.82) is 0 Å². The molecule has 0 aromatic heterocycles. The van der Waals surface area contributed by atoms with E-state index in [0.717, 1.165) is 11.3 Å². The fourth-order valence-corrected chi connectivity index (χ4v) is 2.11. The van der Waals surface area contributed by atoms with Crippen LogP contribution in [0, 0.1) is 0 Å². The number of nitrogens with zero attached hydrogens (tertiary/aromatic N) is 1. The molecular formula is C12H16N4O2. The van der Waals surface area contributed by atoms with Gasteiger partial charge < -0.3 is 10.6 Å². The van der Waals surface area contributed by atoms with Gasteiger partial charge >= 0.3 is 0 Å². The standard InChI is InChI=1S/C12H16N4O2/c1-16-9-4-2-8(11(13)12(18)15-14)6-7(9)3-5-10(16)17/h2,4,6,11H,3,5,13-14H2,1H3,(H,15,18). The van der Waals surface area contributed by atoms with E-state index in [1.807, 2.05) is 17.6 Å². The van der Waals surface area contributed by atoms with E-state index < -0.39 is 11.9 Å². The van der Waals surface area contributed by atoms with E-state index in [1.54, 1.807) is 18.0 Å². The van der Waals surface area contributed by atoms with Crippen LogP contribution in [0.25, 0.3) is 0 Å². The van der Waals surface area contributed by atoms with Gasteiger partial charge in [0.25, 0.3) is 5.91 Å². The van der Waals surface area contributed by atoms with Crippen LogP contribution < -0.4 is 21.9 Å². The Morgan fingerprint density at radius 2 is 2.17 bits per heavy atom. The van der Waals surface area contributed by atoms with Crippen LogP contribution in [-0.4, -0.2) is 18.9 Å². The average Bonchev–Trinajstić information content (AvgIpc) is 2.41. The number of hydrogen-bond acceptors (Lipinski definition) is 4. The monoisotopic (exact) mass is 248 g/mol. The van der Waals surface area contributed by atoms with Crippen molar-refractivity contribution >= 4 is 17.5 Å². The van der Waals surface area contributed by atoms with Crippen LogP contribution in [0.5, 0.6) is 0 Å². The summed E-state index contributed by atoms with van der Waals surface area (Å²) in [6, 6.07) is 4.63. The van der Waals surface area contributed by atoms with Gasteiger partial charge in [-0.05, 0) is 23.6 Å². The molecule has 96 valence electrons. The van der Waals surface area contributed by atoms with Gasteiger partial charge in [0, 0.05) is 19.2 Å². The topological polar surface area (TPSA) is 101 Å². The zero-order valence-electron chi connectivity index (χ0n) is 10.1. The summed E-state index contributed by atoms with van der Waals surface area (Å²) in [5.74, 6) is 4.72. The molecule has 1 unspecified atom stereocenters. The Kier molecular flexibility index (Phi) is 3.31. The zero-order valence-corrected chi connectivity index (χ0v) is 10.1. The lowest BCUT2D eigenvalue weighted by Gasteiger charge is -2.26. The minimum atomic E-state index is -0.789. The van der Waals surface area contributed by atoms with E-state index >= 15 is 0 Å². The van der Waals surface area contributed by atoms with Crippen molar-refractivity contribution in [2.75, 3.05) is 11.9 Å². The number of aryl methyl sites for hydroxylation is 1. The van der Waals surface area contributed by atoms with Crippen molar-refractivity contribution < 1.29 is 9.59 Å². The van der Waals surface area contributed by atoms with Crippen molar-refractivity contribution in [3.05, 3.63) is 29.3 Å². The van der Waals surface area contributed by atoms with Gasteiger partial charge in [0.15, 0.2) is 0 Å². The molecule has 6 heteroatoms. The number of carbonyl (C=O) groups excluding carboxylic acids is 2. The van der Waals surface area contributed by atoms with Crippen LogP contribution in [0.2, 0.25) is 0 Å². The number of hydrogen-bond donors (Lipinski definition) is 3. The van der Waals surface area contributed by atoms with Crippen molar-refractivity contribution in [2.45, 2.75) is 18.9 Å². The molecule has 0 radical (unpaired) electrons. The summed E-state index contributed by atoms with van der Waals surface area (Å²) >= 11 is 0. The Morgan fingerprint density at radius 1 is 1.44 bits per heavy atom. The summed E-state index contributed by atoms with van der Waals surface area (Å²) in [6.07, 6.45) is 1.15. The Labute approximate surface area is 105 Å². The molecule has 2 rings (SSSR count). The Balaban J connectivity index is 2.33. The lowest BCUT2D eigenvalue weighted by Crippen LogP contribution is -2.38. The van der Waals surface area contributed by atoms with Crippen LogP contribution in [-0.2, 0) is 16.0 Å². The number of benzene rings is 1. The SMILES string of the molecule is CN1C(=O)CCc2cc(C(N)C(=O)NN)ccc21. The number of hydrazine groups is 1. The van der Waals surface area contributed by atoms with Gasteiger partial charge in [-0.1, -0.05) is 12.1 Å². The second-order valence-corrected chi connectivity index (χ2v) is 4.33. The van der Waals surface area contributed by atoms with Gasteiger partial charge in [0.1, 0.15) is 6.04 Å². The minimum absolute atomic E-state index is 0.0965. The van der Waals surface area contributed by atoms with Crippen LogP contribution >= 0.6 is 0 Å². The Morgan fingerprint density at radius 3 is 2.83 bits per heavy atom. The van der Waals surface area contributed by atoms with E-state index in [0.29, 0.717) is 18.4 Å². The van der Waals surface area contributed by atoms with Gasteiger partial charge in [-0.2, -0.15) is 0 Å². The first-order valence-corrected chi connectivity index (χ1v) is 5.70. The Hall–Kier alpha value is -1.92. The quantitative estimate of drug-likeness (QED) is 0.376. The lowest BCUT2D eigenvalue weighted by atomic mass is 9.96. The second kappa shape index (κ2) is 4.75. The van der Waals surface area contributed by atoms with E-state index in [-0.39, 0.29) is 5.91 Å². The van der Waals surface area contributed by atoms with Crippen molar-refractivity contribution in [3.63, 3.8) is 0 Å². The molecule has 0 saturated carbocycles. The third-order valence-electron chi connectivity index (χ3n) is 3.23. The number of anilines is 1. The van der Waals surface area contributed by atoms with Crippen LogP contribution in [0.1, 0.15) is 23.6 Å². The van der Waals surface area contributed by atoms with Crippen LogP contribution in [0.3, 0.4) is 0 Å². The maximum Gasteiger partial charge on any atom is 0.255 e. The third kappa shape index (κ3) is 2.07. The maximum absolute atomic E-state index is 11.6. The van der Waals surface area contributed by atoms with Crippen LogP contribution in [0.15, 0.2) is 18.2 Å². The lowest BCUT2D eigenvalue weighted by molar-refractivity contribution is -0.122. The van der Waals surface area contributed by atoms with E-state index in [9.17, 15) is 9.59 Å². The summed E-state index contributed by atoms with van der Waals surface area (Å²) in [5, 5.41) is 0. The molecule has 1 aromatic rings. The molecule has 0 spiro atoms. The van der Waals surface area contributed by atoms with Crippen molar-refractivity contribution in [2.24, 2.45) is 11.6 Å². The van der Waals surface area contributed by atoms with E-state index in [2.05, 4.69) is 0 Å². The predicted molar refractivity (Wildman–Crippen MR) is 67.4 cm³/mol. The highest BCUT2D eigenvalue weighted by Crippen LogP contribution is 2.28. The fraction of sp³-hybridized carbons (Fsp3) is 0.333. The number of nitrogens with one attached hydrogen (secondary N) is 1. The molecule has 5 N–H and O–H groups in total. The maximum atomic E-state index is 11.6. The summed E-state index contributed by atoms with van der Waals surface area (Å²) in [4.78, 5) is 24.5. The van der Waals surface area contributed by atoms with Gasteiger partial charge in [0.2, 0.25) is 5.91 Å². The molecule has 1 atom stereocenters. The first-order valence-electron chi connectivity index (χ1n) is 5.70. The third-order valence-corrected chi connectivity index (χ3v) is 3.23. The highest BCUT2D eigenvalue weighted by Gasteiger charge is 2.23. The molecule has 0 fully saturated rings. The molecule has 0 saturated heterocycles. The van der Waals surface area contributed by atoms with Gasteiger partial charge in [-0.25, -0.2) is 5.84 Å². The van der Waals surface area contributed by atoms with Crippen molar-refractivity contribution in [1.82, 2.24) is 5.43 Å². The molecule has 18 heavy (non-hydrogen) atoms. The van der Waals surface area contributed by atoms with Crippen molar-refractivity contribution in [3.8, 4) is 0 Å². The summed E-state index contributed by atoms with van der Waals surface area (Å²) in [7, 11) is 1.74. The summed E-state index contributed by atoms with van der Waals surface area (Å²) in [6.45, 7) is 0. The zero-order chi connectivity index (χ0) is 13.3. The highest BCUT2D eigenvalue weighted by molar-refractivity contribution is 5.96. The molecule has 1 aromatic carbocycles. The smallest absolute Gasteiger partial charge is 0.255 e. The van der Waals surface area contributed by atoms with Crippen LogP contribution in [0.4, 0.5) is 5.69 Å². The van der Waals surface area contributed by atoms with Gasteiger partial charge in [-0.15, -0.1) is 0 Å². The highest BCUT2D eigenvalue weighted by atomic mass is 16.2. The molecule has 2 amide bonds. The van der Waals surface area contributed by atoms with Gasteiger partial charge in [-0.3, -0.25) is 15.0 Å². The molecule has 1 heterocycles. The molecule has 0 bridgehead atoms. The second-order valence-electron chi connectivity index (χ2n) is 4.33.